The second-order valence-corrected chi connectivity index (χ2v) is 3.82. The van der Waals surface area contributed by atoms with Gasteiger partial charge in [0, 0.05) is 11.9 Å². The van der Waals surface area contributed by atoms with Crippen LogP contribution >= 0.6 is 11.6 Å². The molecule has 0 aliphatic heterocycles. The standard InChI is InChI=1S/C12H7ClF2N2O/c13-8-6-7(3-4-9(8)14)17-12(18)11-10(15)2-1-5-16-11/h1-6H,(H,17,18). The van der Waals surface area contributed by atoms with Gasteiger partial charge in [-0.2, -0.15) is 0 Å². The molecular weight excluding hydrogens is 262 g/mol. The van der Waals surface area contributed by atoms with Crippen molar-refractivity contribution in [1.82, 2.24) is 4.98 Å². The van der Waals surface area contributed by atoms with E-state index in [-0.39, 0.29) is 16.4 Å². The van der Waals surface area contributed by atoms with E-state index in [2.05, 4.69) is 10.3 Å². The Balaban J connectivity index is 2.22. The summed E-state index contributed by atoms with van der Waals surface area (Å²) < 4.78 is 26.2. The van der Waals surface area contributed by atoms with Crippen LogP contribution in [0.15, 0.2) is 36.5 Å². The van der Waals surface area contributed by atoms with E-state index in [1.54, 1.807) is 0 Å². The normalized spacial score (nSPS) is 10.2. The van der Waals surface area contributed by atoms with Crippen LogP contribution in [0.4, 0.5) is 14.5 Å². The zero-order valence-electron chi connectivity index (χ0n) is 8.95. The Hall–Kier alpha value is -2.01. The lowest BCUT2D eigenvalue weighted by molar-refractivity contribution is 0.101. The minimum atomic E-state index is -0.733. The molecule has 1 heterocycles. The van der Waals surface area contributed by atoms with Gasteiger partial charge in [0.25, 0.3) is 5.91 Å². The van der Waals surface area contributed by atoms with Crippen LogP contribution in [0, 0.1) is 11.6 Å². The van der Waals surface area contributed by atoms with E-state index in [9.17, 15) is 13.6 Å². The largest absolute Gasteiger partial charge is 0.321 e. The number of aromatic nitrogens is 1. The molecule has 3 nitrogen and oxygen atoms in total. The molecule has 0 aliphatic carbocycles. The first kappa shape index (κ1) is 12.4. The molecule has 0 aliphatic rings. The topological polar surface area (TPSA) is 42.0 Å². The minimum Gasteiger partial charge on any atom is -0.321 e. The van der Waals surface area contributed by atoms with Gasteiger partial charge in [-0.05, 0) is 30.3 Å². The second kappa shape index (κ2) is 5.10. The maximum absolute atomic E-state index is 13.3. The van der Waals surface area contributed by atoms with Crippen LogP contribution < -0.4 is 5.32 Å². The molecule has 1 N–H and O–H groups in total. The fourth-order valence-electron chi connectivity index (χ4n) is 1.32. The molecule has 2 aromatic rings. The molecule has 0 fully saturated rings. The molecule has 18 heavy (non-hydrogen) atoms. The van der Waals surface area contributed by atoms with Crippen LogP contribution in [0.2, 0.25) is 5.02 Å². The number of hydrogen-bond acceptors (Lipinski definition) is 2. The number of rotatable bonds is 2. The third-order valence-corrected chi connectivity index (χ3v) is 2.44. The number of anilines is 1. The number of pyridine rings is 1. The highest BCUT2D eigenvalue weighted by molar-refractivity contribution is 6.31. The highest BCUT2D eigenvalue weighted by Gasteiger charge is 2.13. The molecule has 0 saturated heterocycles. The van der Waals surface area contributed by atoms with Gasteiger partial charge >= 0.3 is 0 Å². The monoisotopic (exact) mass is 268 g/mol. The van der Waals surface area contributed by atoms with E-state index in [1.807, 2.05) is 0 Å². The Labute approximate surface area is 106 Å². The molecule has 0 radical (unpaired) electrons. The van der Waals surface area contributed by atoms with E-state index in [0.29, 0.717) is 0 Å². The number of amides is 1. The van der Waals surface area contributed by atoms with Crippen molar-refractivity contribution in [3.63, 3.8) is 0 Å². The maximum Gasteiger partial charge on any atom is 0.277 e. The van der Waals surface area contributed by atoms with E-state index in [1.165, 1.54) is 24.4 Å². The van der Waals surface area contributed by atoms with Crippen molar-refractivity contribution < 1.29 is 13.6 Å². The third kappa shape index (κ3) is 2.62. The van der Waals surface area contributed by atoms with Gasteiger partial charge in [0.15, 0.2) is 11.5 Å². The third-order valence-electron chi connectivity index (χ3n) is 2.15. The average Bonchev–Trinajstić information content (AvgIpc) is 2.34. The van der Waals surface area contributed by atoms with Crippen LogP contribution in [0.1, 0.15) is 10.5 Å². The fourth-order valence-corrected chi connectivity index (χ4v) is 1.50. The quantitative estimate of drug-likeness (QED) is 0.908. The van der Waals surface area contributed by atoms with Gasteiger partial charge < -0.3 is 5.32 Å². The number of hydrogen-bond donors (Lipinski definition) is 1. The Bertz CT molecular complexity index is 604. The van der Waals surface area contributed by atoms with Crippen LogP contribution in [-0.4, -0.2) is 10.9 Å². The molecular formula is C12H7ClF2N2O. The summed E-state index contributed by atoms with van der Waals surface area (Å²) in [6, 6.07) is 6.16. The molecule has 1 aromatic carbocycles. The molecule has 2 rings (SSSR count). The number of benzene rings is 1. The summed E-state index contributed by atoms with van der Waals surface area (Å²) in [5.74, 6) is -2.06. The SMILES string of the molecule is O=C(Nc1ccc(F)c(Cl)c1)c1ncccc1F. The van der Waals surface area contributed by atoms with Crippen molar-refractivity contribution in [3.8, 4) is 0 Å². The molecule has 1 amide bonds. The number of nitrogens with zero attached hydrogens (tertiary/aromatic N) is 1. The van der Waals surface area contributed by atoms with Gasteiger partial charge in [0.1, 0.15) is 5.82 Å². The summed E-state index contributed by atoms with van der Waals surface area (Å²) in [4.78, 5) is 15.3. The number of carbonyl (C=O) groups excluding carboxylic acids is 1. The lowest BCUT2D eigenvalue weighted by atomic mass is 10.2. The predicted molar refractivity (Wildman–Crippen MR) is 63.6 cm³/mol. The maximum atomic E-state index is 13.3. The minimum absolute atomic E-state index is 0.130. The van der Waals surface area contributed by atoms with Crippen molar-refractivity contribution >= 4 is 23.2 Å². The van der Waals surface area contributed by atoms with Gasteiger partial charge in [-0.3, -0.25) is 4.79 Å². The van der Waals surface area contributed by atoms with Crippen molar-refractivity contribution in [2.45, 2.75) is 0 Å². The summed E-state index contributed by atoms with van der Waals surface area (Å²) in [5.41, 5.74) is -0.0746. The van der Waals surface area contributed by atoms with Crippen LogP contribution in [0.3, 0.4) is 0 Å². The summed E-state index contributed by atoms with van der Waals surface area (Å²) in [5, 5.41) is 2.24. The highest BCUT2D eigenvalue weighted by atomic mass is 35.5. The summed E-state index contributed by atoms with van der Waals surface area (Å²) in [6.07, 6.45) is 1.30. The van der Waals surface area contributed by atoms with Crippen molar-refractivity contribution in [2.75, 3.05) is 5.32 Å². The Morgan fingerprint density at radius 2 is 2.00 bits per heavy atom. The highest BCUT2D eigenvalue weighted by Crippen LogP contribution is 2.19. The summed E-state index contributed by atoms with van der Waals surface area (Å²) in [7, 11) is 0. The number of halogens is 3. The lowest BCUT2D eigenvalue weighted by Gasteiger charge is -2.05. The zero-order chi connectivity index (χ0) is 13.1. The number of carbonyl (C=O) groups is 1. The predicted octanol–water partition coefficient (Wildman–Crippen LogP) is 3.27. The van der Waals surface area contributed by atoms with E-state index in [4.69, 9.17) is 11.6 Å². The first-order chi connectivity index (χ1) is 8.58. The summed E-state index contributed by atoms with van der Waals surface area (Å²) >= 11 is 5.56. The van der Waals surface area contributed by atoms with Gasteiger partial charge in [-0.15, -0.1) is 0 Å². The molecule has 92 valence electrons. The van der Waals surface area contributed by atoms with Crippen molar-refractivity contribution in [1.29, 1.82) is 0 Å². The zero-order valence-corrected chi connectivity index (χ0v) is 9.71. The van der Waals surface area contributed by atoms with Gasteiger partial charge in [-0.1, -0.05) is 11.6 Å². The Kier molecular flexibility index (Phi) is 3.53. The first-order valence-corrected chi connectivity index (χ1v) is 5.32. The van der Waals surface area contributed by atoms with Crippen LogP contribution in [0.5, 0.6) is 0 Å². The second-order valence-electron chi connectivity index (χ2n) is 3.42. The Morgan fingerprint density at radius 1 is 1.22 bits per heavy atom. The van der Waals surface area contributed by atoms with Gasteiger partial charge in [0.05, 0.1) is 5.02 Å². The van der Waals surface area contributed by atoms with E-state index < -0.39 is 17.5 Å². The van der Waals surface area contributed by atoms with Gasteiger partial charge in [0.2, 0.25) is 0 Å². The average molecular weight is 269 g/mol. The van der Waals surface area contributed by atoms with E-state index in [0.717, 1.165) is 12.1 Å². The molecule has 0 saturated carbocycles. The van der Waals surface area contributed by atoms with Crippen LogP contribution in [-0.2, 0) is 0 Å². The lowest BCUT2D eigenvalue weighted by Crippen LogP contribution is -2.15. The smallest absolute Gasteiger partial charge is 0.277 e. The van der Waals surface area contributed by atoms with Gasteiger partial charge in [-0.25, -0.2) is 13.8 Å². The molecule has 0 unspecified atom stereocenters. The molecule has 0 spiro atoms. The molecule has 6 heteroatoms. The fraction of sp³-hybridized carbons (Fsp3) is 0. The molecule has 0 bridgehead atoms. The first-order valence-electron chi connectivity index (χ1n) is 4.95. The van der Waals surface area contributed by atoms with Crippen molar-refractivity contribution in [3.05, 3.63) is 58.9 Å². The molecule has 1 aromatic heterocycles. The Morgan fingerprint density at radius 3 is 2.67 bits per heavy atom. The van der Waals surface area contributed by atoms with Crippen molar-refractivity contribution in [2.24, 2.45) is 0 Å². The van der Waals surface area contributed by atoms with Crippen LogP contribution in [0.25, 0.3) is 0 Å². The number of nitrogens with one attached hydrogen (secondary N) is 1. The van der Waals surface area contributed by atoms with E-state index >= 15 is 0 Å². The summed E-state index contributed by atoms with van der Waals surface area (Å²) in [6.45, 7) is 0. The molecule has 0 atom stereocenters.